The lowest BCUT2D eigenvalue weighted by Gasteiger charge is -2.03. The Balaban J connectivity index is 1.76. The van der Waals surface area contributed by atoms with Gasteiger partial charge >= 0.3 is 0 Å². The lowest BCUT2D eigenvalue weighted by Crippen LogP contribution is -1.86. The van der Waals surface area contributed by atoms with Crippen molar-refractivity contribution in [1.82, 2.24) is 0 Å². The minimum absolute atomic E-state index is 0.698. The highest BCUT2D eigenvalue weighted by molar-refractivity contribution is 5.38. The van der Waals surface area contributed by atoms with E-state index in [1.165, 1.54) is 17.5 Å². The smallest absolute Gasteiger partial charge is 0.118 e. The Labute approximate surface area is 102 Å². The molecule has 2 aromatic carbocycles. The lowest BCUT2D eigenvalue weighted by molar-refractivity contribution is 0.414. The highest BCUT2D eigenvalue weighted by Gasteiger charge is 2.39. The van der Waals surface area contributed by atoms with Crippen LogP contribution in [0.4, 0.5) is 0 Å². The van der Waals surface area contributed by atoms with Gasteiger partial charge in [-0.1, -0.05) is 42.5 Å². The van der Waals surface area contributed by atoms with Crippen LogP contribution in [0.2, 0.25) is 0 Å². The van der Waals surface area contributed by atoms with Crippen LogP contribution < -0.4 is 4.74 Å². The molecule has 2 aromatic rings. The average Bonchev–Trinajstić information content (AvgIpc) is 3.20. The average molecular weight is 224 g/mol. The summed E-state index contributed by atoms with van der Waals surface area (Å²) >= 11 is 0. The molecule has 1 saturated carbocycles. The van der Waals surface area contributed by atoms with Gasteiger partial charge in [0, 0.05) is 0 Å². The van der Waals surface area contributed by atoms with Gasteiger partial charge in [-0.15, -0.1) is 0 Å². The van der Waals surface area contributed by atoms with Gasteiger partial charge < -0.3 is 4.74 Å². The Bertz CT molecular complexity index is 487. The minimum atomic E-state index is 0.698. The zero-order valence-corrected chi connectivity index (χ0v) is 9.97. The first-order valence-electron chi connectivity index (χ1n) is 6.07. The Kier molecular flexibility index (Phi) is 2.60. The molecule has 1 aliphatic carbocycles. The molecule has 0 aromatic heterocycles. The van der Waals surface area contributed by atoms with Crippen molar-refractivity contribution in [2.45, 2.75) is 18.3 Å². The predicted molar refractivity (Wildman–Crippen MR) is 69.5 cm³/mol. The number of hydrogen-bond donors (Lipinski definition) is 0. The number of ether oxygens (including phenoxy) is 1. The third kappa shape index (κ3) is 2.05. The Hall–Kier alpha value is -1.76. The van der Waals surface area contributed by atoms with Crippen LogP contribution in [0.15, 0.2) is 54.6 Å². The summed E-state index contributed by atoms with van der Waals surface area (Å²) in [6.45, 7) is 0. The van der Waals surface area contributed by atoms with E-state index in [4.69, 9.17) is 4.74 Å². The number of methoxy groups -OCH3 is 1. The van der Waals surface area contributed by atoms with Gasteiger partial charge in [-0.2, -0.15) is 0 Å². The van der Waals surface area contributed by atoms with Crippen molar-refractivity contribution < 1.29 is 4.74 Å². The molecular weight excluding hydrogens is 208 g/mol. The minimum Gasteiger partial charge on any atom is -0.497 e. The Morgan fingerprint density at radius 3 is 2.00 bits per heavy atom. The quantitative estimate of drug-likeness (QED) is 0.766. The van der Waals surface area contributed by atoms with E-state index in [-0.39, 0.29) is 0 Å². The summed E-state index contributed by atoms with van der Waals surface area (Å²) in [4.78, 5) is 0. The molecule has 1 heteroatoms. The Morgan fingerprint density at radius 2 is 1.41 bits per heavy atom. The van der Waals surface area contributed by atoms with Gasteiger partial charge in [-0.05, 0) is 41.5 Å². The van der Waals surface area contributed by atoms with Crippen molar-refractivity contribution in [3.63, 3.8) is 0 Å². The van der Waals surface area contributed by atoms with Crippen LogP contribution in [0.25, 0.3) is 0 Å². The van der Waals surface area contributed by atoms with Crippen molar-refractivity contribution >= 4 is 0 Å². The van der Waals surface area contributed by atoms with Crippen molar-refractivity contribution in [2.24, 2.45) is 0 Å². The van der Waals surface area contributed by atoms with Gasteiger partial charge in [-0.25, -0.2) is 0 Å². The molecule has 0 saturated heterocycles. The fraction of sp³-hybridized carbons (Fsp3) is 0.250. The second-order valence-electron chi connectivity index (χ2n) is 4.63. The molecule has 0 spiro atoms. The van der Waals surface area contributed by atoms with Crippen molar-refractivity contribution in [3.05, 3.63) is 65.7 Å². The van der Waals surface area contributed by atoms with Crippen LogP contribution in [0, 0.1) is 0 Å². The summed E-state index contributed by atoms with van der Waals surface area (Å²) in [5.74, 6) is 2.35. The maximum Gasteiger partial charge on any atom is 0.118 e. The van der Waals surface area contributed by atoms with E-state index in [0.29, 0.717) is 11.8 Å². The topological polar surface area (TPSA) is 9.23 Å². The van der Waals surface area contributed by atoms with Gasteiger partial charge in [0.05, 0.1) is 7.11 Å². The second-order valence-corrected chi connectivity index (χ2v) is 4.63. The summed E-state index contributed by atoms with van der Waals surface area (Å²) in [5, 5.41) is 0. The highest BCUT2D eigenvalue weighted by atomic mass is 16.5. The van der Waals surface area contributed by atoms with Crippen LogP contribution in [0.1, 0.15) is 29.4 Å². The molecule has 0 N–H and O–H groups in total. The van der Waals surface area contributed by atoms with Crippen LogP contribution in [0.3, 0.4) is 0 Å². The van der Waals surface area contributed by atoms with E-state index in [9.17, 15) is 0 Å². The molecule has 1 fully saturated rings. The number of rotatable bonds is 3. The first kappa shape index (κ1) is 10.4. The SMILES string of the molecule is COc1ccc([C@H]2C[C@H]2c2ccccc2)cc1. The fourth-order valence-corrected chi connectivity index (χ4v) is 2.48. The molecule has 17 heavy (non-hydrogen) atoms. The first-order valence-corrected chi connectivity index (χ1v) is 6.07. The van der Waals surface area contributed by atoms with Crippen LogP contribution in [0.5, 0.6) is 5.75 Å². The summed E-state index contributed by atoms with van der Waals surface area (Å²) in [7, 11) is 1.71. The lowest BCUT2D eigenvalue weighted by atomic mass is 10.0. The van der Waals surface area contributed by atoms with Crippen molar-refractivity contribution in [1.29, 1.82) is 0 Å². The molecular formula is C16H16O. The largest absolute Gasteiger partial charge is 0.497 e. The third-order valence-corrected chi connectivity index (χ3v) is 3.56. The normalized spacial score (nSPS) is 22.2. The van der Waals surface area contributed by atoms with Gasteiger partial charge in [0.2, 0.25) is 0 Å². The monoisotopic (exact) mass is 224 g/mol. The summed E-state index contributed by atoms with van der Waals surface area (Å²) in [6, 6.07) is 19.3. The van der Waals surface area contributed by atoms with Crippen LogP contribution in [-0.4, -0.2) is 7.11 Å². The standard InChI is InChI=1S/C16H16O/c1-17-14-9-7-13(8-10-14)16-11-15(16)12-5-3-2-4-6-12/h2-10,15-16H,11H2,1H3/t15-,16+/m0/s1. The molecule has 86 valence electrons. The predicted octanol–water partition coefficient (Wildman–Crippen LogP) is 3.97. The molecule has 0 bridgehead atoms. The number of benzene rings is 2. The van der Waals surface area contributed by atoms with Crippen molar-refractivity contribution in [3.8, 4) is 5.75 Å². The van der Waals surface area contributed by atoms with Gasteiger partial charge in [-0.3, -0.25) is 0 Å². The maximum atomic E-state index is 5.18. The van der Waals surface area contributed by atoms with Crippen LogP contribution in [-0.2, 0) is 0 Å². The van der Waals surface area contributed by atoms with E-state index in [0.717, 1.165) is 5.75 Å². The van der Waals surface area contributed by atoms with Crippen molar-refractivity contribution in [2.75, 3.05) is 7.11 Å². The molecule has 1 nitrogen and oxygen atoms in total. The molecule has 2 atom stereocenters. The molecule has 1 aliphatic rings. The van der Waals surface area contributed by atoms with E-state index in [1.807, 2.05) is 0 Å². The highest BCUT2D eigenvalue weighted by Crippen LogP contribution is 2.54. The first-order chi connectivity index (χ1) is 8.38. The maximum absolute atomic E-state index is 5.18. The van der Waals surface area contributed by atoms with E-state index in [2.05, 4.69) is 54.6 Å². The van der Waals surface area contributed by atoms with E-state index >= 15 is 0 Å². The van der Waals surface area contributed by atoms with Gasteiger partial charge in [0.25, 0.3) is 0 Å². The van der Waals surface area contributed by atoms with Crippen LogP contribution >= 0.6 is 0 Å². The van der Waals surface area contributed by atoms with E-state index < -0.39 is 0 Å². The van der Waals surface area contributed by atoms with Gasteiger partial charge in [0.15, 0.2) is 0 Å². The Morgan fingerprint density at radius 1 is 0.824 bits per heavy atom. The fourth-order valence-electron chi connectivity index (χ4n) is 2.48. The molecule has 0 heterocycles. The molecule has 0 aliphatic heterocycles. The second kappa shape index (κ2) is 4.25. The summed E-state index contributed by atoms with van der Waals surface area (Å²) in [6.07, 6.45) is 1.27. The molecule has 0 amide bonds. The number of hydrogen-bond acceptors (Lipinski definition) is 1. The zero-order chi connectivity index (χ0) is 11.7. The van der Waals surface area contributed by atoms with Gasteiger partial charge in [0.1, 0.15) is 5.75 Å². The molecule has 0 unspecified atom stereocenters. The molecule has 3 rings (SSSR count). The third-order valence-electron chi connectivity index (χ3n) is 3.56. The van der Waals surface area contributed by atoms with E-state index in [1.54, 1.807) is 7.11 Å². The zero-order valence-electron chi connectivity index (χ0n) is 9.97. The summed E-state index contributed by atoms with van der Waals surface area (Å²) < 4.78 is 5.18. The molecule has 0 radical (unpaired) electrons. The summed E-state index contributed by atoms with van der Waals surface area (Å²) in [5.41, 5.74) is 2.90.